The van der Waals surface area contributed by atoms with Crippen molar-refractivity contribution in [2.75, 3.05) is 0 Å². The molecule has 8 rings (SSSR count). The van der Waals surface area contributed by atoms with E-state index in [1.165, 1.54) is 54.6 Å². The van der Waals surface area contributed by atoms with Crippen LogP contribution >= 0.6 is 45.4 Å². The Balaban J connectivity index is -0.000000628. The van der Waals surface area contributed by atoms with E-state index in [4.69, 9.17) is 64.4 Å². The number of aryl methyl sites for hydroxylation is 1. The number of aromatic hydroxyl groups is 5. The Labute approximate surface area is 713 Å². The highest BCUT2D eigenvalue weighted by atomic mass is 35.6. The maximum atomic E-state index is 12.4. The van der Waals surface area contributed by atoms with Gasteiger partial charge in [0.1, 0.15) is 88.0 Å². The van der Waals surface area contributed by atoms with Gasteiger partial charge in [-0.2, -0.15) is 22.2 Å². The summed E-state index contributed by atoms with van der Waals surface area (Å²) >= 11 is 21.6. The second kappa shape index (κ2) is 51.1. The summed E-state index contributed by atoms with van der Waals surface area (Å²) in [6.45, 7) is 53.4. The maximum absolute atomic E-state index is 12.4. The minimum atomic E-state index is -1.85. The zero-order valence-corrected chi connectivity index (χ0v) is 80.8. The number of hydrogen-bond donors (Lipinski definition) is 10. The van der Waals surface area contributed by atoms with Gasteiger partial charge in [0.15, 0.2) is 0 Å². The number of phenols is 5. The van der Waals surface area contributed by atoms with Gasteiger partial charge in [0.2, 0.25) is 28.4 Å². The zero-order chi connectivity index (χ0) is 87.4. The first-order valence-corrected chi connectivity index (χ1v) is 66.5. The molecule has 0 atom stereocenters. The summed E-state index contributed by atoms with van der Waals surface area (Å²) < 4.78 is 15.6. The van der Waals surface area contributed by atoms with Crippen LogP contribution in [0.1, 0.15) is 105 Å². The fourth-order valence-electron chi connectivity index (χ4n) is 8.67. The van der Waals surface area contributed by atoms with Crippen molar-refractivity contribution in [1.29, 1.82) is 0 Å². The highest BCUT2D eigenvalue weighted by Crippen LogP contribution is 2.26. The molecule has 0 radical (unpaired) electrons. The molecule has 0 spiro atoms. The molecule has 0 aliphatic rings. The molecule has 8 aromatic carbocycles. The minimum Gasteiger partial charge on any atom is -0.544 e. The predicted molar refractivity (Wildman–Crippen MR) is 501 cm³/mol. The van der Waals surface area contributed by atoms with Crippen molar-refractivity contribution < 1.29 is 74.2 Å². The first-order valence-electron chi connectivity index (χ1n) is 35.9. The number of nitrogens with one attached hydrogen (secondary N) is 5. The van der Waals surface area contributed by atoms with Gasteiger partial charge in [-0.05, 0) is 166 Å². The third kappa shape index (κ3) is 53.6. The van der Waals surface area contributed by atoms with Gasteiger partial charge in [-0.15, -0.1) is 0 Å². The summed E-state index contributed by atoms with van der Waals surface area (Å²) in [6, 6.07) is 52.2. The number of para-hydroxylation sites is 7. The summed E-state index contributed by atoms with van der Waals surface area (Å²) in [5, 5.41) is 49.6. The molecular weight excluding hydrogens is 1670 g/mol. The molecule has 115 heavy (non-hydrogen) atoms. The van der Waals surface area contributed by atoms with Crippen LogP contribution in [0.25, 0.3) is 0 Å². The summed E-state index contributed by atoms with van der Waals surface area (Å²) in [5.41, 5.74) is 2.94. The second-order valence-corrected chi connectivity index (χ2v) is 77.2. The summed E-state index contributed by atoms with van der Waals surface area (Å²) in [6.07, 6.45) is 0. The zero-order valence-electron chi connectivity index (χ0n) is 70.8. The minimum absolute atomic E-state index is 0. The molecule has 8 aromatic rings. The fraction of sp³-hybridized carbons (Fsp3) is 0.325. The van der Waals surface area contributed by atoms with Crippen molar-refractivity contribution in [1.82, 2.24) is 25.2 Å². The topological polar surface area (TPSA) is 316 Å². The standard InChI is InChI=1S/C18H21NO3Si.C14H11NO4.C13H23NO2Si2.C10H15NO2Si.2C7H5ClO2.C6H19NSi2.2C3H9ClSi.2CH4/c1-13-9-5-6-10-14(13)17(20)19-18(21)15-11-7-8-12-16(15)22-23(2,3)4;16-11-7-3-1-5-9(11)13(18)15-14(19)10-6-2-4-8-12(10)17;1-17(2,3)14-13(15)11-9-7-8-10-12(11)16-18(4,5)6;1-14(2,3)11-10(13)8-6-4-5-7-9(8)12;2*8-7(10)5-3-1-2-4-6(5)9;1-8(2,3)7-9(4,5)6;2*1-5(2,3)4;;/h5-12H,1-4H3,(H,19,20,21);1-8,16-17H,(H,15,18,19);7-10H,1-6H3,(H,14,15);4-7,12H,1-3H3,(H,11,13);2*1-4,9H;7H,1-6H3;2*1-3H3;2*1H4/p+1. The predicted octanol–water partition coefficient (Wildman–Crippen LogP) is 22.2. The van der Waals surface area contributed by atoms with E-state index in [-0.39, 0.29) is 79.1 Å². The SMILES string of the molecule is C.C.C[Si](C)(C)Cl.C[Si](C)(C)Cl.C[Si](C)(C)NC(=O)c1ccccc1O.C[Si](C)(C)NC(=O)c1ccccc1O[Si](C)(C)C.C[Si](C)(C)N[Si](C)(C)C.Cc1ccccc1C(=O)NC(=O)c1ccccc1O[Si](C)(C)C.O=C(Cl)c1ccccc1O.O=C(Cl)c1ccccc1O.O=C(NC(=O)c1ccccc1O)c1ccccc1O.[H+]. The molecule has 0 unspecified atom stereocenters. The largest absolute Gasteiger partial charge is 1.00 e. The fourth-order valence-corrected chi connectivity index (χ4v) is 21.3. The number of imide groups is 2. The molecule has 10 N–H and O–H groups in total. The first kappa shape index (κ1) is 111. The van der Waals surface area contributed by atoms with Gasteiger partial charge in [-0.25, -0.2) is 0 Å². The van der Waals surface area contributed by atoms with Crippen LogP contribution in [0.2, 0.25) is 157 Å². The monoisotopic (exact) mass is 1800 g/mol. The first-order chi connectivity index (χ1) is 51.5. The van der Waals surface area contributed by atoms with Gasteiger partial charge in [0, 0.05) is 5.56 Å². The molecule has 0 saturated heterocycles. The van der Waals surface area contributed by atoms with Gasteiger partial charge in [0.25, 0.3) is 34.1 Å². The van der Waals surface area contributed by atoms with Crippen LogP contribution in [0.15, 0.2) is 194 Å². The molecule has 0 fully saturated rings. The Morgan fingerprint density at radius 2 is 0.478 bits per heavy atom. The molecule has 0 heterocycles. The van der Waals surface area contributed by atoms with E-state index in [1.54, 1.807) is 97.1 Å². The molecular formula is C83H126Cl4N5O15Si8+. The molecule has 20 nitrogen and oxygen atoms in total. The van der Waals surface area contributed by atoms with E-state index in [0.717, 1.165) is 5.56 Å². The molecule has 32 heteroatoms. The van der Waals surface area contributed by atoms with Crippen LogP contribution in [-0.4, -0.2) is 136 Å². The maximum Gasteiger partial charge on any atom is 1.00 e. The van der Waals surface area contributed by atoms with E-state index in [0.29, 0.717) is 33.8 Å². The summed E-state index contributed by atoms with van der Waals surface area (Å²) in [5.74, 6) is -1.89. The third-order valence-corrected chi connectivity index (χ3v) is 22.4. The van der Waals surface area contributed by atoms with Crippen LogP contribution < -0.4 is 34.1 Å². The Bertz CT molecular complexity index is 4280. The molecule has 632 valence electrons. The summed E-state index contributed by atoms with van der Waals surface area (Å²) in [4.78, 5) is 99.1. The Morgan fingerprint density at radius 1 is 0.287 bits per heavy atom. The lowest BCUT2D eigenvalue weighted by atomic mass is 10.1. The molecule has 0 saturated carbocycles. The smallest absolute Gasteiger partial charge is 0.544 e. The number of phenolic OH excluding ortho intramolecular Hbond substituents is 5. The third-order valence-electron chi connectivity index (χ3n) is 12.3. The van der Waals surface area contributed by atoms with E-state index in [1.807, 2.05) is 88.7 Å². The molecule has 0 bridgehead atoms. The van der Waals surface area contributed by atoms with E-state index < -0.39 is 98.5 Å². The van der Waals surface area contributed by atoms with Crippen LogP contribution in [-0.2, 0) is 0 Å². The average Bonchev–Trinajstić information content (AvgIpc) is 0.835. The molecule has 0 aromatic heterocycles. The van der Waals surface area contributed by atoms with Crippen molar-refractivity contribution in [2.24, 2.45) is 0 Å². The second-order valence-electron chi connectivity index (χ2n) is 33.1. The Hall–Kier alpha value is -8.22. The average molecular weight is 1800 g/mol. The molecule has 0 aliphatic carbocycles. The normalized spacial score (nSPS) is 10.8. The lowest BCUT2D eigenvalue weighted by Gasteiger charge is -2.28. The van der Waals surface area contributed by atoms with Crippen molar-refractivity contribution in [3.05, 3.63) is 244 Å². The van der Waals surface area contributed by atoms with Crippen LogP contribution in [0.3, 0.4) is 0 Å². The van der Waals surface area contributed by atoms with E-state index in [9.17, 15) is 53.7 Å². The van der Waals surface area contributed by atoms with Gasteiger partial charge in [-0.1, -0.05) is 236 Å². The number of carbonyl (C=O) groups excluding carboxylic acids is 8. The number of halogens is 4. The van der Waals surface area contributed by atoms with Gasteiger partial charge in [0.05, 0.1) is 38.9 Å². The molecule has 6 amide bonds. The number of benzene rings is 8. The van der Waals surface area contributed by atoms with Crippen LogP contribution in [0, 0.1) is 6.92 Å². The van der Waals surface area contributed by atoms with Gasteiger partial charge in [-0.3, -0.25) is 49.0 Å². The Kier molecular flexibility index (Phi) is 49.3. The van der Waals surface area contributed by atoms with Crippen LogP contribution in [0.5, 0.6) is 40.2 Å². The van der Waals surface area contributed by atoms with Gasteiger partial charge >= 0.3 is 1.43 Å². The number of hydrogen-bond acceptors (Lipinski definition) is 16. The van der Waals surface area contributed by atoms with E-state index >= 15 is 0 Å². The number of amides is 6. The Morgan fingerprint density at radius 3 is 0.696 bits per heavy atom. The van der Waals surface area contributed by atoms with Crippen molar-refractivity contribution in [3.63, 3.8) is 0 Å². The molecule has 0 aliphatic heterocycles. The van der Waals surface area contributed by atoms with Crippen molar-refractivity contribution in [3.8, 4) is 40.2 Å². The van der Waals surface area contributed by atoms with E-state index in [2.05, 4.69) is 143 Å². The van der Waals surface area contributed by atoms with Crippen LogP contribution in [0.4, 0.5) is 0 Å². The number of carbonyl (C=O) groups is 8. The summed E-state index contributed by atoms with van der Waals surface area (Å²) in [7, 11) is -11.1. The van der Waals surface area contributed by atoms with Crippen molar-refractivity contribution >= 4 is 156 Å². The number of rotatable bonds is 16. The highest BCUT2D eigenvalue weighted by molar-refractivity contribution is 7.18. The van der Waals surface area contributed by atoms with Gasteiger partial charge < -0.3 is 49.0 Å². The van der Waals surface area contributed by atoms with Crippen molar-refractivity contribution in [2.45, 2.75) is 179 Å². The highest BCUT2D eigenvalue weighted by Gasteiger charge is 2.27. The lowest BCUT2D eigenvalue weighted by molar-refractivity contribution is 0.0830. The lowest BCUT2D eigenvalue weighted by Crippen LogP contribution is -2.55. The quantitative estimate of drug-likeness (QED) is 0.0186.